The Morgan fingerprint density at radius 3 is 2.43 bits per heavy atom. The van der Waals surface area contributed by atoms with E-state index in [0.29, 0.717) is 5.69 Å². The molecule has 0 aliphatic carbocycles. The van der Waals surface area contributed by atoms with Crippen LogP contribution in [-0.2, 0) is 17.1 Å². The first-order chi connectivity index (χ1) is 13.3. The van der Waals surface area contributed by atoms with Crippen LogP contribution in [-0.4, -0.2) is 34.1 Å². The van der Waals surface area contributed by atoms with Gasteiger partial charge >= 0.3 is 0 Å². The lowest BCUT2D eigenvalue weighted by Gasteiger charge is -2.13. The third-order valence-electron chi connectivity index (χ3n) is 4.74. The van der Waals surface area contributed by atoms with Gasteiger partial charge in [0.2, 0.25) is 0 Å². The Kier molecular flexibility index (Phi) is 5.27. The van der Waals surface area contributed by atoms with Gasteiger partial charge in [0.05, 0.1) is 0 Å². The Morgan fingerprint density at radius 1 is 1.11 bits per heavy atom. The summed E-state index contributed by atoms with van der Waals surface area (Å²) in [6.07, 6.45) is 1.37. The second-order valence-corrected chi connectivity index (χ2v) is 8.53. The van der Waals surface area contributed by atoms with Crippen molar-refractivity contribution in [3.63, 3.8) is 0 Å². The van der Waals surface area contributed by atoms with Crippen molar-refractivity contribution in [2.24, 2.45) is 7.05 Å². The molecule has 3 aromatic rings. The molecule has 0 amide bonds. The highest BCUT2D eigenvalue weighted by atomic mass is 32.2. The maximum Gasteiger partial charge on any atom is 0.250 e. The van der Waals surface area contributed by atoms with Crippen molar-refractivity contribution in [3.05, 3.63) is 59.1 Å². The van der Waals surface area contributed by atoms with Gasteiger partial charge in [0.25, 0.3) is 10.0 Å². The van der Waals surface area contributed by atoms with Crippen LogP contribution in [0.15, 0.2) is 53.4 Å². The van der Waals surface area contributed by atoms with E-state index in [4.69, 9.17) is 0 Å². The zero-order valence-electron chi connectivity index (χ0n) is 16.3. The molecule has 0 saturated heterocycles. The van der Waals surface area contributed by atoms with Crippen LogP contribution in [0.1, 0.15) is 5.69 Å². The molecule has 0 atom stereocenters. The van der Waals surface area contributed by atoms with Crippen molar-refractivity contribution >= 4 is 32.6 Å². The number of sulfonamides is 1. The van der Waals surface area contributed by atoms with Gasteiger partial charge in [-0.05, 0) is 59.8 Å². The van der Waals surface area contributed by atoms with E-state index < -0.39 is 10.0 Å². The summed E-state index contributed by atoms with van der Waals surface area (Å²) in [5, 5.41) is 11.5. The third-order valence-corrected chi connectivity index (χ3v) is 6.07. The molecule has 0 fully saturated rings. The predicted molar refractivity (Wildman–Crippen MR) is 114 cm³/mol. The molecule has 0 unspecified atom stereocenters. The highest BCUT2D eigenvalue weighted by Crippen LogP contribution is 2.28. The topological polar surface area (TPSA) is 78.1 Å². The van der Waals surface area contributed by atoms with Gasteiger partial charge in [-0.15, -0.1) is 0 Å². The van der Waals surface area contributed by atoms with E-state index in [1.54, 1.807) is 12.1 Å². The average Bonchev–Trinajstić information content (AvgIpc) is 3.05. The minimum atomic E-state index is -3.79. The third kappa shape index (κ3) is 3.65. The summed E-state index contributed by atoms with van der Waals surface area (Å²) in [6, 6.07) is 18.0. The summed E-state index contributed by atoms with van der Waals surface area (Å²) in [5.74, 6) is 0. The van der Waals surface area contributed by atoms with Gasteiger partial charge in [0, 0.05) is 38.2 Å². The molecule has 0 aliphatic heterocycles. The van der Waals surface area contributed by atoms with Gasteiger partial charge in [0.1, 0.15) is 6.07 Å². The van der Waals surface area contributed by atoms with Crippen LogP contribution in [0.25, 0.3) is 28.1 Å². The normalized spacial score (nSPS) is 12.2. The Labute approximate surface area is 165 Å². The number of hydrogen-bond acceptors (Lipinski definition) is 4. The summed E-state index contributed by atoms with van der Waals surface area (Å²) in [6.45, 7) is 0. The van der Waals surface area contributed by atoms with E-state index in [2.05, 4.69) is 40.0 Å². The lowest BCUT2D eigenvalue weighted by Crippen LogP contribution is -2.19. The predicted octanol–water partition coefficient (Wildman–Crippen LogP) is 3.32. The second kappa shape index (κ2) is 7.50. The highest BCUT2D eigenvalue weighted by Gasteiger charge is 2.16. The maximum atomic E-state index is 11.9. The summed E-state index contributed by atoms with van der Waals surface area (Å²) in [5.41, 5.74) is 3.72. The smallest absolute Gasteiger partial charge is 0.250 e. The molecule has 1 aromatic heterocycles. The van der Waals surface area contributed by atoms with Crippen LogP contribution in [0.3, 0.4) is 0 Å². The molecule has 0 aliphatic rings. The van der Waals surface area contributed by atoms with Crippen molar-refractivity contribution in [2.45, 2.75) is 0 Å². The van der Waals surface area contributed by atoms with Crippen molar-refractivity contribution < 1.29 is 8.42 Å². The first-order valence-electron chi connectivity index (χ1n) is 8.69. The molecule has 1 heterocycles. The summed E-state index contributed by atoms with van der Waals surface area (Å²) < 4.78 is 27.9. The number of hydrogen-bond donors (Lipinski definition) is 1. The number of rotatable bonds is 5. The van der Waals surface area contributed by atoms with E-state index in [9.17, 15) is 13.7 Å². The van der Waals surface area contributed by atoms with Crippen LogP contribution in [0.4, 0.5) is 5.69 Å². The zero-order chi connectivity index (χ0) is 20.5. The zero-order valence-corrected chi connectivity index (χ0v) is 17.1. The summed E-state index contributed by atoms with van der Waals surface area (Å²) in [7, 11) is 3.37. The number of allylic oxidation sites excluding steroid dienone is 1. The lowest BCUT2D eigenvalue weighted by molar-refractivity contribution is 0.596. The Hall–Kier alpha value is -3.08. The number of nitriles is 1. The average molecular weight is 395 g/mol. The molecule has 0 bridgehead atoms. The van der Waals surface area contributed by atoms with E-state index in [1.165, 1.54) is 13.1 Å². The molecule has 0 radical (unpaired) electrons. The Balaban J connectivity index is 2.04. The van der Waals surface area contributed by atoms with Crippen LogP contribution in [0.2, 0.25) is 0 Å². The van der Waals surface area contributed by atoms with Crippen LogP contribution >= 0.6 is 0 Å². The standard InChI is InChI=1S/C21H22N4O2S/c1-23-28(26,27)20(14-22)13-19-9-10-21(25(19)4)17-6-5-16-12-18(24(2)3)8-7-15(16)11-17/h5-13,23H,1-4H3/b20-13+. The molecular formula is C21H22N4O2S. The lowest BCUT2D eigenvalue weighted by atomic mass is 10.0. The van der Waals surface area contributed by atoms with Crippen LogP contribution in [0.5, 0.6) is 0 Å². The van der Waals surface area contributed by atoms with Crippen molar-refractivity contribution in [2.75, 3.05) is 26.0 Å². The van der Waals surface area contributed by atoms with Crippen molar-refractivity contribution in [1.29, 1.82) is 5.26 Å². The molecule has 144 valence electrons. The van der Waals surface area contributed by atoms with Crippen LogP contribution < -0.4 is 9.62 Å². The van der Waals surface area contributed by atoms with Gasteiger partial charge in [-0.1, -0.05) is 18.2 Å². The fourth-order valence-corrected chi connectivity index (χ4v) is 3.66. The Bertz CT molecular complexity index is 1210. The fourth-order valence-electron chi connectivity index (χ4n) is 3.05. The first-order valence-corrected chi connectivity index (χ1v) is 10.2. The van der Waals surface area contributed by atoms with E-state index in [1.807, 2.05) is 37.8 Å². The summed E-state index contributed by atoms with van der Waals surface area (Å²) in [4.78, 5) is 1.74. The number of anilines is 1. The second-order valence-electron chi connectivity index (χ2n) is 6.67. The van der Waals surface area contributed by atoms with E-state index >= 15 is 0 Å². The molecule has 0 saturated carbocycles. The summed E-state index contributed by atoms with van der Waals surface area (Å²) >= 11 is 0. The molecular weight excluding hydrogens is 372 g/mol. The van der Waals surface area contributed by atoms with Crippen LogP contribution in [0, 0.1) is 11.3 Å². The molecule has 28 heavy (non-hydrogen) atoms. The monoisotopic (exact) mass is 394 g/mol. The maximum absolute atomic E-state index is 11.9. The minimum Gasteiger partial charge on any atom is -0.378 e. The highest BCUT2D eigenvalue weighted by molar-refractivity contribution is 7.93. The molecule has 1 N–H and O–H groups in total. The quantitative estimate of drug-likeness (QED) is 0.674. The number of fused-ring (bicyclic) bond motifs is 1. The van der Waals surface area contributed by atoms with Gasteiger partial charge in [-0.3, -0.25) is 0 Å². The molecule has 2 aromatic carbocycles. The number of nitrogens with zero attached hydrogens (tertiary/aromatic N) is 3. The molecule has 6 nitrogen and oxygen atoms in total. The molecule has 3 rings (SSSR count). The molecule has 7 heteroatoms. The first kappa shape index (κ1) is 19.7. The van der Waals surface area contributed by atoms with Gasteiger partial charge in [0.15, 0.2) is 4.91 Å². The number of benzene rings is 2. The van der Waals surface area contributed by atoms with Crippen molar-refractivity contribution in [3.8, 4) is 17.3 Å². The SMILES string of the molecule is CNS(=O)(=O)/C(C#N)=C/c1ccc(-c2ccc3cc(N(C)C)ccc3c2)n1C. The Morgan fingerprint density at radius 2 is 1.79 bits per heavy atom. The van der Waals surface area contributed by atoms with Gasteiger partial charge < -0.3 is 9.47 Å². The van der Waals surface area contributed by atoms with E-state index in [-0.39, 0.29) is 4.91 Å². The van der Waals surface area contributed by atoms with Gasteiger partial charge in [-0.2, -0.15) is 5.26 Å². The molecule has 0 spiro atoms. The minimum absolute atomic E-state index is 0.322. The van der Waals surface area contributed by atoms with Gasteiger partial charge in [-0.25, -0.2) is 13.1 Å². The largest absolute Gasteiger partial charge is 0.378 e. The number of aromatic nitrogens is 1. The van der Waals surface area contributed by atoms with Crippen molar-refractivity contribution in [1.82, 2.24) is 9.29 Å². The fraction of sp³-hybridized carbons (Fsp3) is 0.190. The van der Waals surface area contributed by atoms with E-state index in [0.717, 1.165) is 27.7 Å². The number of nitrogens with one attached hydrogen (secondary N) is 1.